The van der Waals surface area contributed by atoms with Crippen molar-refractivity contribution in [2.45, 2.75) is 44.8 Å². The smallest absolute Gasteiger partial charge is 0.326 e. The van der Waals surface area contributed by atoms with Crippen molar-refractivity contribution < 1.29 is 34.2 Å². The van der Waals surface area contributed by atoms with Crippen LogP contribution in [0.2, 0.25) is 0 Å². The van der Waals surface area contributed by atoms with Gasteiger partial charge in [-0.1, -0.05) is 26.0 Å². The summed E-state index contributed by atoms with van der Waals surface area (Å²) in [4.78, 5) is 59.5. The fourth-order valence-corrected chi connectivity index (χ4v) is 2.58. The van der Waals surface area contributed by atoms with Crippen LogP contribution in [-0.2, 0) is 30.4 Å². The second-order valence-corrected chi connectivity index (χ2v) is 7.55. The average Bonchev–Trinajstić information content (AvgIpc) is 2.71. The van der Waals surface area contributed by atoms with E-state index in [1.807, 2.05) is 0 Å². The zero-order valence-electron chi connectivity index (χ0n) is 17.8. The van der Waals surface area contributed by atoms with Gasteiger partial charge in [-0.2, -0.15) is 0 Å². The summed E-state index contributed by atoms with van der Waals surface area (Å²) in [7, 11) is 0. The number of aliphatic carboxylic acids is 1. The largest absolute Gasteiger partial charge is 0.508 e. The topological polar surface area (TPSA) is 214 Å². The van der Waals surface area contributed by atoms with E-state index in [1.165, 1.54) is 24.3 Å². The fourth-order valence-electron chi connectivity index (χ4n) is 2.58. The van der Waals surface area contributed by atoms with Crippen LogP contribution >= 0.6 is 0 Å². The van der Waals surface area contributed by atoms with Gasteiger partial charge in [-0.25, -0.2) is 4.79 Å². The molecule has 0 fully saturated rings. The van der Waals surface area contributed by atoms with E-state index in [1.54, 1.807) is 13.8 Å². The Morgan fingerprint density at radius 2 is 1.56 bits per heavy atom. The van der Waals surface area contributed by atoms with Crippen molar-refractivity contribution in [2.24, 2.45) is 17.4 Å². The molecule has 12 nitrogen and oxygen atoms in total. The maximum Gasteiger partial charge on any atom is 0.326 e. The lowest BCUT2D eigenvalue weighted by Crippen LogP contribution is -2.55. The normalized spacial score (nSPS) is 13.5. The number of benzene rings is 1. The van der Waals surface area contributed by atoms with Crippen LogP contribution in [0.1, 0.15) is 25.8 Å². The predicted molar refractivity (Wildman–Crippen MR) is 113 cm³/mol. The van der Waals surface area contributed by atoms with Crippen LogP contribution in [0.4, 0.5) is 0 Å². The first kappa shape index (κ1) is 26.4. The number of aromatic hydroxyl groups is 1. The summed E-state index contributed by atoms with van der Waals surface area (Å²) in [6.45, 7) is 2.96. The zero-order chi connectivity index (χ0) is 24.4. The molecule has 0 aliphatic rings. The monoisotopic (exact) mass is 451 g/mol. The lowest BCUT2D eigenvalue weighted by Gasteiger charge is -2.21. The molecule has 0 aliphatic carbocycles. The Labute approximate surface area is 184 Å². The number of carboxylic acid groups (broad SMARTS) is 1. The minimum Gasteiger partial charge on any atom is -0.508 e. The molecule has 9 N–H and O–H groups in total. The number of phenols is 1. The second kappa shape index (κ2) is 12.2. The highest BCUT2D eigenvalue weighted by Crippen LogP contribution is 2.11. The van der Waals surface area contributed by atoms with Crippen LogP contribution in [0, 0.1) is 5.92 Å². The summed E-state index contributed by atoms with van der Waals surface area (Å²) >= 11 is 0. The molecule has 0 bridgehead atoms. The van der Waals surface area contributed by atoms with Crippen LogP contribution in [0.25, 0.3) is 0 Å². The van der Waals surface area contributed by atoms with Gasteiger partial charge in [0, 0.05) is 6.42 Å². The molecule has 0 saturated heterocycles. The maximum absolute atomic E-state index is 12.6. The molecule has 0 aliphatic heterocycles. The number of nitrogens with one attached hydrogen (secondary N) is 3. The Kier molecular flexibility index (Phi) is 10.1. The molecule has 1 aromatic rings. The third-order valence-electron chi connectivity index (χ3n) is 4.49. The van der Waals surface area contributed by atoms with Gasteiger partial charge in [-0.05, 0) is 23.6 Å². The number of carbonyl (C=O) groups excluding carboxylic acids is 4. The van der Waals surface area contributed by atoms with Gasteiger partial charge < -0.3 is 37.6 Å². The van der Waals surface area contributed by atoms with Gasteiger partial charge in [0.2, 0.25) is 23.6 Å². The highest BCUT2D eigenvalue weighted by molar-refractivity contribution is 5.95. The van der Waals surface area contributed by atoms with Crippen molar-refractivity contribution in [3.05, 3.63) is 29.8 Å². The number of carbonyl (C=O) groups is 5. The molecule has 3 atom stereocenters. The third kappa shape index (κ3) is 9.00. The van der Waals surface area contributed by atoms with Gasteiger partial charge in [0.1, 0.15) is 17.8 Å². The van der Waals surface area contributed by atoms with Gasteiger partial charge in [0.05, 0.1) is 19.0 Å². The fraction of sp³-hybridized carbons (Fsp3) is 0.450. The number of nitrogens with two attached hydrogens (primary N) is 2. The van der Waals surface area contributed by atoms with E-state index >= 15 is 0 Å². The Hall–Kier alpha value is -3.67. The van der Waals surface area contributed by atoms with Crippen molar-refractivity contribution in [1.29, 1.82) is 0 Å². The van der Waals surface area contributed by atoms with Gasteiger partial charge in [-0.3, -0.25) is 19.2 Å². The Balaban J connectivity index is 2.79. The highest BCUT2D eigenvalue weighted by atomic mass is 16.4. The van der Waals surface area contributed by atoms with E-state index in [0.29, 0.717) is 5.56 Å². The van der Waals surface area contributed by atoms with Crippen molar-refractivity contribution in [3.8, 4) is 5.75 Å². The van der Waals surface area contributed by atoms with Gasteiger partial charge in [0.25, 0.3) is 0 Å². The Morgan fingerprint density at radius 3 is 2.06 bits per heavy atom. The van der Waals surface area contributed by atoms with E-state index in [4.69, 9.17) is 11.5 Å². The Bertz CT molecular complexity index is 841. The van der Waals surface area contributed by atoms with Crippen molar-refractivity contribution in [3.63, 3.8) is 0 Å². The molecule has 0 spiro atoms. The first-order valence-electron chi connectivity index (χ1n) is 9.82. The molecular formula is C20H29N5O7. The van der Waals surface area contributed by atoms with E-state index < -0.39 is 60.7 Å². The summed E-state index contributed by atoms with van der Waals surface area (Å²) < 4.78 is 0. The summed E-state index contributed by atoms with van der Waals surface area (Å²) in [5.41, 5.74) is 11.3. The first-order chi connectivity index (χ1) is 14.9. The van der Waals surface area contributed by atoms with Crippen LogP contribution in [0.5, 0.6) is 5.75 Å². The maximum atomic E-state index is 12.6. The molecule has 0 aromatic heterocycles. The lowest BCUT2D eigenvalue weighted by molar-refractivity contribution is -0.142. The molecule has 0 radical (unpaired) electrons. The summed E-state index contributed by atoms with van der Waals surface area (Å²) in [6.07, 6.45) is -0.690. The van der Waals surface area contributed by atoms with Crippen molar-refractivity contribution in [1.82, 2.24) is 16.0 Å². The molecule has 176 valence electrons. The number of rotatable bonds is 12. The minimum atomic E-state index is -1.45. The van der Waals surface area contributed by atoms with Gasteiger partial charge in [0.15, 0.2) is 0 Å². The molecule has 12 heteroatoms. The molecule has 0 saturated carbocycles. The Morgan fingerprint density at radius 1 is 0.969 bits per heavy atom. The molecule has 1 aromatic carbocycles. The number of hydrogen-bond acceptors (Lipinski definition) is 7. The number of phenolic OH excluding ortho intramolecular Hbond substituents is 1. The zero-order valence-corrected chi connectivity index (χ0v) is 17.8. The summed E-state index contributed by atoms with van der Waals surface area (Å²) in [5, 5.41) is 25.6. The number of carboxylic acids is 1. The van der Waals surface area contributed by atoms with Crippen molar-refractivity contribution >= 4 is 29.6 Å². The second-order valence-electron chi connectivity index (χ2n) is 7.55. The van der Waals surface area contributed by atoms with Crippen LogP contribution in [-0.4, -0.2) is 64.5 Å². The molecule has 0 heterocycles. The molecule has 32 heavy (non-hydrogen) atoms. The quantitative estimate of drug-likeness (QED) is 0.187. The van der Waals surface area contributed by atoms with Gasteiger partial charge >= 0.3 is 5.97 Å². The molecule has 1 rings (SSSR count). The van der Waals surface area contributed by atoms with E-state index in [9.17, 15) is 34.2 Å². The summed E-state index contributed by atoms with van der Waals surface area (Å²) in [5.74, 6) is -4.70. The van der Waals surface area contributed by atoms with Crippen LogP contribution < -0.4 is 27.4 Å². The van der Waals surface area contributed by atoms with Gasteiger partial charge in [-0.15, -0.1) is 0 Å². The van der Waals surface area contributed by atoms with Crippen LogP contribution in [0.3, 0.4) is 0 Å². The van der Waals surface area contributed by atoms with E-state index in [2.05, 4.69) is 16.0 Å². The highest BCUT2D eigenvalue weighted by Gasteiger charge is 2.28. The minimum absolute atomic E-state index is 0.00432. The number of primary amides is 1. The molecule has 4 amide bonds. The van der Waals surface area contributed by atoms with E-state index in [0.717, 1.165) is 0 Å². The number of hydrogen-bond donors (Lipinski definition) is 7. The molecule has 3 unspecified atom stereocenters. The first-order valence-corrected chi connectivity index (χ1v) is 9.82. The van der Waals surface area contributed by atoms with Crippen molar-refractivity contribution in [2.75, 3.05) is 6.54 Å². The third-order valence-corrected chi connectivity index (χ3v) is 4.49. The molecular weight excluding hydrogens is 422 g/mol. The predicted octanol–water partition coefficient (Wildman–Crippen LogP) is -2.04. The summed E-state index contributed by atoms with van der Waals surface area (Å²) in [6, 6.07) is 2.07. The average molecular weight is 451 g/mol. The SMILES string of the molecule is CC(C)C(N)C(=O)NCC(=O)NC(CC(N)=O)C(=O)NC(Cc1ccc(O)cc1)C(=O)O. The van der Waals surface area contributed by atoms with Crippen LogP contribution in [0.15, 0.2) is 24.3 Å². The lowest BCUT2D eigenvalue weighted by atomic mass is 10.0. The van der Waals surface area contributed by atoms with E-state index in [-0.39, 0.29) is 18.1 Å². The standard InChI is InChI=1S/C20H29N5O7/c1-10(2)17(22)19(30)23-9-16(28)24-13(8-15(21)27)18(29)25-14(20(31)32)7-11-3-5-12(26)6-4-11/h3-6,10,13-14,17,26H,7-9,22H2,1-2H3,(H2,21,27)(H,23,30)(H,24,28)(H,25,29)(H,31,32). The number of amides is 4.